The molecular weight excluding hydrogens is 252 g/mol. The summed E-state index contributed by atoms with van der Waals surface area (Å²) < 4.78 is 7.25. The number of benzene rings is 1. The van der Waals surface area contributed by atoms with Crippen LogP contribution in [0.15, 0.2) is 30.7 Å². The van der Waals surface area contributed by atoms with Gasteiger partial charge in [-0.25, -0.2) is 4.98 Å². The van der Waals surface area contributed by atoms with Crippen LogP contribution in [0.3, 0.4) is 0 Å². The second-order valence-electron chi connectivity index (χ2n) is 4.54. The van der Waals surface area contributed by atoms with Crippen LogP contribution >= 0.6 is 0 Å². The van der Waals surface area contributed by atoms with Gasteiger partial charge in [-0.1, -0.05) is 6.07 Å². The zero-order valence-electron chi connectivity index (χ0n) is 11.8. The van der Waals surface area contributed by atoms with Crippen LogP contribution < -0.4 is 10.1 Å². The van der Waals surface area contributed by atoms with Crippen LogP contribution in [0.1, 0.15) is 16.8 Å². The first-order chi connectivity index (χ1) is 9.76. The third kappa shape index (κ3) is 3.37. The second-order valence-corrected chi connectivity index (χ2v) is 4.54. The summed E-state index contributed by atoms with van der Waals surface area (Å²) in [5.41, 5.74) is 2.70. The van der Waals surface area contributed by atoms with Crippen LogP contribution in [-0.4, -0.2) is 30.3 Å². The van der Waals surface area contributed by atoms with Crippen LogP contribution in [0, 0.1) is 11.3 Å². The summed E-state index contributed by atoms with van der Waals surface area (Å²) in [4.78, 5) is 4.37. The van der Waals surface area contributed by atoms with Gasteiger partial charge in [0.1, 0.15) is 11.8 Å². The fourth-order valence-corrected chi connectivity index (χ4v) is 2.01. The minimum absolute atomic E-state index is 0.552. The number of rotatable bonds is 6. The summed E-state index contributed by atoms with van der Waals surface area (Å²) in [5, 5.41) is 12.1. The average Bonchev–Trinajstić information content (AvgIpc) is 2.92. The first-order valence-electron chi connectivity index (χ1n) is 6.49. The Morgan fingerprint density at radius 2 is 2.30 bits per heavy atom. The maximum absolute atomic E-state index is 8.96. The molecule has 0 aliphatic carbocycles. The van der Waals surface area contributed by atoms with Gasteiger partial charge in [0.25, 0.3) is 0 Å². The van der Waals surface area contributed by atoms with Crippen molar-refractivity contribution in [2.45, 2.75) is 13.0 Å². The van der Waals surface area contributed by atoms with E-state index in [2.05, 4.69) is 16.4 Å². The molecular formula is C15H18N4O. The highest BCUT2D eigenvalue weighted by Gasteiger charge is 2.05. The fourth-order valence-electron chi connectivity index (χ4n) is 2.01. The third-order valence-corrected chi connectivity index (χ3v) is 3.07. The van der Waals surface area contributed by atoms with E-state index in [4.69, 9.17) is 10.00 Å². The van der Waals surface area contributed by atoms with E-state index >= 15 is 0 Å². The molecule has 0 aliphatic heterocycles. The largest absolute Gasteiger partial charge is 0.495 e. The summed E-state index contributed by atoms with van der Waals surface area (Å²) in [6.07, 6.45) is 4.79. The van der Waals surface area contributed by atoms with Crippen molar-refractivity contribution in [1.29, 1.82) is 5.26 Å². The summed E-state index contributed by atoms with van der Waals surface area (Å²) in [6.45, 7) is 1.64. The Hall–Kier alpha value is -2.32. The SMILES string of the molecule is CNCCc1cn(Cc2ccc(C#N)c(OC)c2)cn1. The minimum Gasteiger partial charge on any atom is -0.495 e. The molecule has 0 atom stereocenters. The predicted molar refractivity (Wildman–Crippen MR) is 76.7 cm³/mol. The smallest absolute Gasteiger partial charge is 0.136 e. The monoisotopic (exact) mass is 270 g/mol. The molecule has 0 spiro atoms. The molecule has 0 aliphatic rings. The molecule has 2 aromatic rings. The Kier molecular flexibility index (Phi) is 4.75. The maximum atomic E-state index is 8.96. The van der Waals surface area contributed by atoms with Gasteiger partial charge >= 0.3 is 0 Å². The Labute approximate surface area is 118 Å². The van der Waals surface area contributed by atoms with E-state index in [9.17, 15) is 0 Å². The molecule has 104 valence electrons. The van der Waals surface area contributed by atoms with Crippen molar-refractivity contribution in [3.8, 4) is 11.8 Å². The molecule has 0 bridgehead atoms. The van der Waals surface area contributed by atoms with Crippen molar-refractivity contribution >= 4 is 0 Å². The van der Waals surface area contributed by atoms with Crippen molar-refractivity contribution < 1.29 is 4.74 Å². The Morgan fingerprint density at radius 3 is 3.00 bits per heavy atom. The van der Waals surface area contributed by atoms with E-state index in [0.29, 0.717) is 17.9 Å². The standard InChI is InChI=1S/C15H18N4O/c1-17-6-5-14-10-19(11-18-14)9-12-3-4-13(8-16)15(7-12)20-2/h3-4,7,10-11,17H,5-6,9H2,1-2H3. The second kappa shape index (κ2) is 6.73. The zero-order valence-corrected chi connectivity index (χ0v) is 11.8. The van der Waals surface area contributed by atoms with Crippen molar-refractivity contribution in [3.05, 3.63) is 47.5 Å². The van der Waals surface area contributed by atoms with Crippen molar-refractivity contribution in [3.63, 3.8) is 0 Å². The van der Waals surface area contributed by atoms with Crippen molar-refractivity contribution in [1.82, 2.24) is 14.9 Å². The Bertz CT molecular complexity index is 613. The number of aromatic nitrogens is 2. The van der Waals surface area contributed by atoms with E-state index in [1.54, 1.807) is 13.2 Å². The number of hydrogen-bond acceptors (Lipinski definition) is 4. The highest BCUT2D eigenvalue weighted by Crippen LogP contribution is 2.19. The fraction of sp³-hybridized carbons (Fsp3) is 0.333. The Balaban J connectivity index is 2.10. The van der Waals surface area contributed by atoms with E-state index in [0.717, 1.165) is 24.2 Å². The number of hydrogen-bond donors (Lipinski definition) is 1. The van der Waals surface area contributed by atoms with Gasteiger partial charge < -0.3 is 14.6 Å². The highest BCUT2D eigenvalue weighted by molar-refractivity contribution is 5.45. The summed E-state index contributed by atoms with van der Waals surface area (Å²) >= 11 is 0. The molecule has 20 heavy (non-hydrogen) atoms. The molecule has 0 unspecified atom stereocenters. The molecule has 1 N–H and O–H groups in total. The first-order valence-corrected chi connectivity index (χ1v) is 6.49. The lowest BCUT2D eigenvalue weighted by atomic mass is 10.1. The molecule has 0 amide bonds. The summed E-state index contributed by atoms with van der Waals surface area (Å²) in [6, 6.07) is 7.73. The van der Waals surface area contributed by atoms with E-state index in [-0.39, 0.29) is 0 Å². The number of nitrogens with one attached hydrogen (secondary N) is 1. The maximum Gasteiger partial charge on any atom is 0.136 e. The number of nitriles is 1. The van der Waals surface area contributed by atoms with Crippen LogP contribution in [0.2, 0.25) is 0 Å². The third-order valence-electron chi connectivity index (χ3n) is 3.07. The lowest BCUT2D eigenvalue weighted by Gasteiger charge is -2.07. The normalized spacial score (nSPS) is 10.2. The van der Waals surface area contributed by atoms with Crippen molar-refractivity contribution in [2.24, 2.45) is 0 Å². The van der Waals surface area contributed by atoms with Crippen LogP contribution in [0.5, 0.6) is 5.75 Å². The molecule has 0 saturated heterocycles. The van der Waals surface area contributed by atoms with Crippen molar-refractivity contribution in [2.75, 3.05) is 20.7 Å². The number of ether oxygens (including phenoxy) is 1. The number of nitrogens with zero attached hydrogens (tertiary/aromatic N) is 3. The minimum atomic E-state index is 0.552. The number of methoxy groups -OCH3 is 1. The zero-order chi connectivity index (χ0) is 14.4. The molecule has 5 heteroatoms. The molecule has 1 aromatic heterocycles. The molecule has 5 nitrogen and oxygen atoms in total. The summed E-state index contributed by atoms with van der Waals surface area (Å²) in [7, 11) is 3.51. The quantitative estimate of drug-likeness (QED) is 0.865. The molecule has 0 fully saturated rings. The van der Waals surface area contributed by atoms with E-state index < -0.39 is 0 Å². The first kappa shape index (κ1) is 14.1. The van der Waals surface area contributed by atoms with Gasteiger partial charge in [-0.15, -0.1) is 0 Å². The molecule has 2 rings (SSSR count). The molecule has 1 aromatic carbocycles. The lowest BCUT2D eigenvalue weighted by Crippen LogP contribution is -2.10. The van der Waals surface area contributed by atoms with E-state index in [1.807, 2.05) is 36.3 Å². The van der Waals surface area contributed by atoms with Gasteiger partial charge in [-0.3, -0.25) is 0 Å². The summed E-state index contributed by atoms with van der Waals surface area (Å²) in [5.74, 6) is 0.612. The topological polar surface area (TPSA) is 62.9 Å². The molecule has 1 heterocycles. The number of imidazole rings is 1. The highest BCUT2D eigenvalue weighted by atomic mass is 16.5. The van der Waals surface area contributed by atoms with Crippen LogP contribution in [0.4, 0.5) is 0 Å². The predicted octanol–water partition coefficient (Wildman–Crippen LogP) is 1.57. The van der Waals surface area contributed by atoms with Gasteiger partial charge in [0.15, 0.2) is 0 Å². The van der Waals surface area contributed by atoms with Gasteiger partial charge in [0, 0.05) is 25.7 Å². The average molecular weight is 270 g/mol. The van der Waals surface area contributed by atoms with Crippen LogP contribution in [-0.2, 0) is 13.0 Å². The van der Waals surface area contributed by atoms with Gasteiger partial charge in [-0.2, -0.15) is 5.26 Å². The van der Waals surface area contributed by atoms with Gasteiger partial charge in [0.05, 0.1) is 24.7 Å². The lowest BCUT2D eigenvalue weighted by molar-refractivity contribution is 0.413. The van der Waals surface area contributed by atoms with Crippen LogP contribution in [0.25, 0.3) is 0 Å². The molecule has 0 saturated carbocycles. The number of likely N-dealkylation sites (N-methyl/N-ethyl adjacent to an activating group) is 1. The van der Waals surface area contributed by atoms with Gasteiger partial charge in [0.2, 0.25) is 0 Å². The molecule has 0 radical (unpaired) electrons. The van der Waals surface area contributed by atoms with Gasteiger partial charge in [-0.05, 0) is 24.7 Å². The Morgan fingerprint density at radius 1 is 1.45 bits per heavy atom. The van der Waals surface area contributed by atoms with E-state index in [1.165, 1.54) is 0 Å².